The van der Waals surface area contributed by atoms with E-state index in [-0.39, 0.29) is 0 Å². The molecule has 1 heterocycles. The Morgan fingerprint density at radius 3 is 2.94 bits per heavy atom. The van der Waals surface area contributed by atoms with Crippen LogP contribution in [0.25, 0.3) is 5.57 Å². The molecule has 1 aliphatic rings. The van der Waals surface area contributed by atoms with E-state index in [9.17, 15) is 0 Å². The summed E-state index contributed by atoms with van der Waals surface area (Å²) >= 11 is 0. The third-order valence-corrected chi connectivity index (χ3v) is 2.56. The number of nitrogens with zero attached hydrogens (tertiary/aromatic N) is 2. The van der Waals surface area contributed by atoms with Gasteiger partial charge in [-0.3, -0.25) is 0 Å². The largest absolute Gasteiger partial charge is 0.481 e. The molecule has 0 bridgehead atoms. The lowest BCUT2D eigenvalue weighted by Gasteiger charge is -2.10. The second-order valence-corrected chi connectivity index (χ2v) is 3.53. The third-order valence-electron chi connectivity index (χ3n) is 2.56. The van der Waals surface area contributed by atoms with Gasteiger partial charge in [-0.2, -0.15) is 5.26 Å². The van der Waals surface area contributed by atoms with Gasteiger partial charge in [-0.15, -0.1) is 0 Å². The van der Waals surface area contributed by atoms with Crippen LogP contribution in [0.15, 0.2) is 36.1 Å². The Balaban J connectivity index is 2.39. The topological polar surface area (TPSA) is 45.9 Å². The summed E-state index contributed by atoms with van der Waals surface area (Å²) in [6, 6.07) is 5.98. The van der Waals surface area contributed by atoms with Gasteiger partial charge in [-0.25, -0.2) is 4.98 Å². The molecular weight excluding hydrogens is 200 g/mol. The zero-order valence-corrected chi connectivity index (χ0v) is 9.10. The first kappa shape index (κ1) is 10.4. The summed E-state index contributed by atoms with van der Waals surface area (Å²) in [6.07, 6.45) is 7.57. The van der Waals surface area contributed by atoms with Crippen LogP contribution in [0.4, 0.5) is 0 Å². The molecule has 0 aliphatic heterocycles. The lowest BCUT2D eigenvalue weighted by atomic mass is 9.94. The molecule has 0 fully saturated rings. The van der Waals surface area contributed by atoms with Crippen LogP contribution in [0.2, 0.25) is 0 Å². The predicted molar refractivity (Wildman–Crippen MR) is 61.7 cm³/mol. The van der Waals surface area contributed by atoms with E-state index in [1.54, 1.807) is 19.4 Å². The van der Waals surface area contributed by atoms with E-state index in [0.29, 0.717) is 5.88 Å². The quantitative estimate of drug-likeness (QED) is 0.757. The minimum absolute atomic E-state index is 0.586. The zero-order valence-electron chi connectivity index (χ0n) is 9.10. The van der Waals surface area contributed by atoms with Gasteiger partial charge >= 0.3 is 0 Å². The number of ether oxygens (including phenoxy) is 1. The number of aromatic nitrogens is 1. The van der Waals surface area contributed by atoms with Crippen molar-refractivity contribution in [1.29, 1.82) is 5.26 Å². The average molecular weight is 212 g/mol. The molecule has 16 heavy (non-hydrogen) atoms. The Bertz CT molecular complexity index is 478. The van der Waals surface area contributed by atoms with E-state index >= 15 is 0 Å². The summed E-state index contributed by atoms with van der Waals surface area (Å²) in [5.74, 6) is 0.586. The van der Waals surface area contributed by atoms with Crippen molar-refractivity contribution in [3.05, 3.63) is 41.6 Å². The van der Waals surface area contributed by atoms with Crippen LogP contribution in [0.1, 0.15) is 18.4 Å². The second-order valence-electron chi connectivity index (χ2n) is 3.53. The highest BCUT2D eigenvalue weighted by molar-refractivity contribution is 5.79. The summed E-state index contributed by atoms with van der Waals surface area (Å²) in [5, 5.41) is 9.04. The van der Waals surface area contributed by atoms with Crippen molar-refractivity contribution in [3.8, 4) is 11.9 Å². The third kappa shape index (κ3) is 1.96. The molecule has 80 valence electrons. The molecule has 3 heteroatoms. The minimum Gasteiger partial charge on any atom is -0.481 e. The summed E-state index contributed by atoms with van der Waals surface area (Å²) in [5.41, 5.74) is 2.77. The summed E-state index contributed by atoms with van der Waals surface area (Å²) in [6.45, 7) is 0. The van der Waals surface area contributed by atoms with Crippen molar-refractivity contribution in [2.24, 2.45) is 0 Å². The van der Waals surface area contributed by atoms with E-state index in [2.05, 4.69) is 17.1 Å². The van der Waals surface area contributed by atoms with Gasteiger partial charge in [0.2, 0.25) is 5.88 Å². The van der Waals surface area contributed by atoms with Gasteiger partial charge in [0.1, 0.15) is 0 Å². The lowest BCUT2D eigenvalue weighted by Crippen LogP contribution is -1.94. The number of pyridine rings is 1. The molecule has 1 aliphatic carbocycles. The van der Waals surface area contributed by atoms with Gasteiger partial charge in [0, 0.05) is 23.4 Å². The smallest absolute Gasteiger partial charge is 0.212 e. The van der Waals surface area contributed by atoms with Crippen molar-refractivity contribution in [3.63, 3.8) is 0 Å². The molecule has 0 atom stereocenters. The highest BCUT2D eigenvalue weighted by Gasteiger charge is 2.10. The van der Waals surface area contributed by atoms with Crippen LogP contribution in [-0.4, -0.2) is 12.1 Å². The molecule has 2 rings (SSSR count). The molecule has 1 aromatic heterocycles. The fraction of sp³-hybridized carbons (Fsp3) is 0.231. The van der Waals surface area contributed by atoms with Crippen molar-refractivity contribution < 1.29 is 4.74 Å². The SMILES string of the molecule is COc1ccc(C2=C(C#N)CCC=C2)cn1. The van der Waals surface area contributed by atoms with Gasteiger partial charge in [0.15, 0.2) is 0 Å². The molecule has 0 spiro atoms. The van der Waals surface area contributed by atoms with Crippen LogP contribution in [-0.2, 0) is 0 Å². The molecule has 0 amide bonds. The number of hydrogen-bond donors (Lipinski definition) is 0. The molecule has 0 unspecified atom stereocenters. The first-order valence-electron chi connectivity index (χ1n) is 5.15. The van der Waals surface area contributed by atoms with Crippen molar-refractivity contribution in [1.82, 2.24) is 4.98 Å². The molecule has 0 aromatic carbocycles. The highest BCUT2D eigenvalue weighted by atomic mass is 16.5. The highest BCUT2D eigenvalue weighted by Crippen LogP contribution is 2.27. The first-order valence-corrected chi connectivity index (χ1v) is 5.15. The van der Waals surface area contributed by atoms with E-state index in [4.69, 9.17) is 10.00 Å². The van der Waals surface area contributed by atoms with E-state index in [1.807, 2.05) is 12.1 Å². The maximum atomic E-state index is 9.04. The monoisotopic (exact) mass is 212 g/mol. The fourth-order valence-electron chi connectivity index (χ4n) is 1.71. The van der Waals surface area contributed by atoms with Gasteiger partial charge < -0.3 is 4.74 Å². The van der Waals surface area contributed by atoms with E-state index < -0.39 is 0 Å². The zero-order chi connectivity index (χ0) is 11.4. The maximum Gasteiger partial charge on any atom is 0.212 e. The van der Waals surface area contributed by atoms with Gasteiger partial charge in [-0.1, -0.05) is 12.2 Å². The molecule has 0 N–H and O–H groups in total. The Kier molecular flexibility index (Phi) is 3.02. The molecular formula is C13H12N2O. The second kappa shape index (κ2) is 4.63. The standard InChI is InChI=1S/C13H12N2O/c1-16-13-7-6-11(9-15-13)12-5-3-2-4-10(12)8-14/h3,5-7,9H,2,4H2,1H3. The Morgan fingerprint density at radius 2 is 2.31 bits per heavy atom. The lowest BCUT2D eigenvalue weighted by molar-refractivity contribution is 0.398. The van der Waals surface area contributed by atoms with E-state index in [0.717, 1.165) is 29.6 Å². The Labute approximate surface area is 94.7 Å². The predicted octanol–water partition coefficient (Wildman–Crippen LogP) is 2.72. The molecule has 0 radical (unpaired) electrons. The van der Waals surface area contributed by atoms with E-state index in [1.165, 1.54) is 0 Å². The number of nitriles is 1. The van der Waals surface area contributed by atoms with Gasteiger partial charge in [0.05, 0.1) is 13.2 Å². The van der Waals surface area contributed by atoms with Crippen LogP contribution >= 0.6 is 0 Å². The van der Waals surface area contributed by atoms with Crippen molar-refractivity contribution in [2.45, 2.75) is 12.8 Å². The summed E-state index contributed by atoms with van der Waals surface area (Å²) in [4.78, 5) is 4.14. The number of allylic oxidation sites excluding steroid dienone is 4. The average Bonchev–Trinajstić information content (AvgIpc) is 2.39. The van der Waals surface area contributed by atoms with Crippen molar-refractivity contribution >= 4 is 5.57 Å². The number of hydrogen-bond acceptors (Lipinski definition) is 3. The minimum atomic E-state index is 0.586. The van der Waals surface area contributed by atoms with Gasteiger partial charge in [0.25, 0.3) is 0 Å². The van der Waals surface area contributed by atoms with Crippen molar-refractivity contribution in [2.75, 3.05) is 7.11 Å². The van der Waals surface area contributed by atoms with Crippen LogP contribution in [0.3, 0.4) is 0 Å². The van der Waals surface area contributed by atoms with Crippen LogP contribution < -0.4 is 4.74 Å². The molecule has 0 saturated heterocycles. The Morgan fingerprint density at radius 1 is 1.44 bits per heavy atom. The fourth-order valence-corrected chi connectivity index (χ4v) is 1.71. The normalized spacial score (nSPS) is 14.8. The Hall–Kier alpha value is -2.08. The van der Waals surface area contributed by atoms with Crippen LogP contribution in [0.5, 0.6) is 5.88 Å². The first-order chi connectivity index (χ1) is 7.85. The summed E-state index contributed by atoms with van der Waals surface area (Å²) < 4.78 is 5.00. The molecule has 0 saturated carbocycles. The molecule has 1 aromatic rings. The number of methoxy groups -OCH3 is 1. The molecule has 3 nitrogen and oxygen atoms in total. The number of rotatable bonds is 2. The summed E-state index contributed by atoms with van der Waals surface area (Å²) in [7, 11) is 1.59. The maximum absolute atomic E-state index is 9.04. The van der Waals surface area contributed by atoms with Gasteiger partial charge in [-0.05, 0) is 24.5 Å². The van der Waals surface area contributed by atoms with Crippen LogP contribution in [0, 0.1) is 11.3 Å².